The Bertz CT molecular complexity index is 390. The molecule has 0 aliphatic heterocycles. The molecule has 1 N–H and O–H groups in total. The molecular formula is C12H15FO4. The first-order valence-electron chi connectivity index (χ1n) is 5.26. The van der Waals surface area contributed by atoms with Crippen LogP contribution in [0.5, 0.6) is 5.75 Å². The van der Waals surface area contributed by atoms with Crippen LogP contribution < -0.4 is 4.74 Å². The molecule has 0 aromatic heterocycles. The SMILES string of the molecule is CC(C)COC(=O)Oc1ccc(F)c(CO)c1. The Morgan fingerprint density at radius 1 is 1.47 bits per heavy atom. The number of ether oxygens (including phenoxy) is 2. The van der Waals surface area contributed by atoms with E-state index in [1.807, 2.05) is 13.8 Å². The third kappa shape index (κ3) is 4.40. The van der Waals surface area contributed by atoms with Gasteiger partial charge in [0.1, 0.15) is 11.6 Å². The fraction of sp³-hybridized carbons (Fsp3) is 0.417. The van der Waals surface area contributed by atoms with Crippen molar-refractivity contribution < 1.29 is 23.8 Å². The predicted molar refractivity (Wildman–Crippen MR) is 59.1 cm³/mol. The van der Waals surface area contributed by atoms with Crippen molar-refractivity contribution in [3.05, 3.63) is 29.6 Å². The summed E-state index contributed by atoms with van der Waals surface area (Å²) >= 11 is 0. The fourth-order valence-electron chi connectivity index (χ4n) is 1.10. The van der Waals surface area contributed by atoms with Gasteiger partial charge in [0, 0.05) is 5.56 Å². The maximum Gasteiger partial charge on any atom is 0.513 e. The molecule has 0 atom stereocenters. The van der Waals surface area contributed by atoms with Crippen LogP contribution in [0.15, 0.2) is 18.2 Å². The average molecular weight is 242 g/mol. The second-order valence-corrected chi connectivity index (χ2v) is 3.97. The first-order valence-corrected chi connectivity index (χ1v) is 5.26. The van der Waals surface area contributed by atoms with Crippen molar-refractivity contribution in [2.75, 3.05) is 6.61 Å². The Hall–Kier alpha value is -1.62. The molecule has 4 nitrogen and oxygen atoms in total. The minimum atomic E-state index is -0.839. The van der Waals surface area contributed by atoms with E-state index >= 15 is 0 Å². The number of benzene rings is 1. The van der Waals surface area contributed by atoms with Gasteiger partial charge in [-0.2, -0.15) is 0 Å². The molecule has 0 radical (unpaired) electrons. The third-order valence-electron chi connectivity index (χ3n) is 1.92. The van der Waals surface area contributed by atoms with Gasteiger partial charge in [-0.05, 0) is 24.1 Å². The van der Waals surface area contributed by atoms with Crippen LogP contribution in [0, 0.1) is 11.7 Å². The van der Waals surface area contributed by atoms with Crippen LogP contribution in [0.25, 0.3) is 0 Å². The molecular weight excluding hydrogens is 227 g/mol. The van der Waals surface area contributed by atoms with E-state index in [1.54, 1.807) is 0 Å². The van der Waals surface area contributed by atoms with Gasteiger partial charge < -0.3 is 14.6 Å². The maximum absolute atomic E-state index is 13.0. The first-order chi connectivity index (χ1) is 8.02. The molecule has 94 valence electrons. The number of carbonyl (C=O) groups is 1. The minimum absolute atomic E-state index is 0.0687. The number of rotatable bonds is 4. The van der Waals surface area contributed by atoms with Crippen molar-refractivity contribution in [2.24, 2.45) is 5.92 Å². The Balaban J connectivity index is 2.59. The van der Waals surface area contributed by atoms with Crippen LogP contribution in [0.1, 0.15) is 19.4 Å². The van der Waals surface area contributed by atoms with Crippen LogP contribution in [-0.4, -0.2) is 17.9 Å². The van der Waals surface area contributed by atoms with E-state index in [-0.39, 0.29) is 23.8 Å². The number of aliphatic hydroxyl groups excluding tert-OH is 1. The Labute approximate surface area is 99.0 Å². The van der Waals surface area contributed by atoms with Gasteiger partial charge in [0.2, 0.25) is 0 Å². The van der Waals surface area contributed by atoms with Gasteiger partial charge in [0.05, 0.1) is 13.2 Å². The molecule has 0 saturated heterocycles. The smallest absolute Gasteiger partial charge is 0.434 e. The molecule has 0 aliphatic carbocycles. The van der Waals surface area contributed by atoms with Gasteiger partial charge in [-0.1, -0.05) is 13.8 Å². The summed E-state index contributed by atoms with van der Waals surface area (Å²) in [5, 5.41) is 8.84. The van der Waals surface area contributed by atoms with Gasteiger partial charge in [0.15, 0.2) is 0 Å². The van der Waals surface area contributed by atoms with Gasteiger partial charge in [-0.25, -0.2) is 9.18 Å². The quantitative estimate of drug-likeness (QED) is 0.651. The van der Waals surface area contributed by atoms with Crippen molar-refractivity contribution in [1.29, 1.82) is 0 Å². The average Bonchev–Trinajstić information content (AvgIpc) is 2.29. The summed E-state index contributed by atoms with van der Waals surface area (Å²) in [7, 11) is 0. The summed E-state index contributed by atoms with van der Waals surface area (Å²) < 4.78 is 22.6. The lowest BCUT2D eigenvalue weighted by Gasteiger charge is -2.08. The monoisotopic (exact) mass is 242 g/mol. The fourth-order valence-corrected chi connectivity index (χ4v) is 1.10. The molecule has 1 aromatic rings. The molecule has 17 heavy (non-hydrogen) atoms. The number of hydrogen-bond acceptors (Lipinski definition) is 4. The highest BCUT2D eigenvalue weighted by Gasteiger charge is 2.09. The van der Waals surface area contributed by atoms with Crippen LogP contribution >= 0.6 is 0 Å². The van der Waals surface area contributed by atoms with E-state index in [9.17, 15) is 9.18 Å². The minimum Gasteiger partial charge on any atom is -0.434 e. The van der Waals surface area contributed by atoms with Gasteiger partial charge in [-0.3, -0.25) is 0 Å². The van der Waals surface area contributed by atoms with Crippen LogP contribution in [0.4, 0.5) is 9.18 Å². The van der Waals surface area contributed by atoms with Crippen molar-refractivity contribution in [1.82, 2.24) is 0 Å². The van der Waals surface area contributed by atoms with E-state index < -0.39 is 18.6 Å². The molecule has 0 unspecified atom stereocenters. The molecule has 0 fully saturated rings. The molecule has 5 heteroatoms. The Kier molecular flexibility index (Phi) is 4.90. The zero-order valence-corrected chi connectivity index (χ0v) is 9.77. The van der Waals surface area contributed by atoms with Crippen LogP contribution in [0.3, 0.4) is 0 Å². The van der Waals surface area contributed by atoms with Gasteiger partial charge in [0.25, 0.3) is 0 Å². The van der Waals surface area contributed by atoms with E-state index in [0.29, 0.717) is 0 Å². The molecule has 1 rings (SSSR count). The van der Waals surface area contributed by atoms with Crippen LogP contribution in [-0.2, 0) is 11.3 Å². The van der Waals surface area contributed by atoms with E-state index in [4.69, 9.17) is 14.6 Å². The Morgan fingerprint density at radius 3 is 2.76 bits per heavy atom. The van der Waals surface area contributed by atoms with E-state index in [2.05, 4.69) is 0 Å². The lowest BCUT2D eigenvalue weighted by molar-refractivity contribution is 0.0884. The molecule has 0 saturated carbocycles. The molecule has 1 aromatic carbocycles. The molecule has 0 bridgehead atoms. The lowest BCUT2D eigenvalue weighted by atomic mass is 10.2. The van der Waals surface area contributed by atoms with Crippen molar-refractivity contribution in [3.63, 3.8) is 0 Å². The zero-order valence-electron chi connectivity index (χ0n) is 9.77. The molecule has 0 spiro atoms. The second-order valence-electron chi connectivity index (χ2n) is 3.97. The highest BCUT2D eigenvalue weighted by molar-refractivity contribution is 5.63. The van der Waals surface area contributed by atoms with Crippen molar-refractivity contribution in [2.45, 2.75) is 20.5 Å². The summed E-state index contributed by atoms with van der Waals surface area (Å²) in [4.78, 5) is 11.2. The largest absolute Gasteiger partial charge is 0.513 e. The highest BCUT2D eigenvalue weighted by Crippen LogP contribution is 2.17. The van der Waals surface area contributed by atoms with Gasteiger partial charge in [-0.15, -0.1) is 0 Å². The summed E-state index contributed by atoms with van der Waals surface area (Å²) in [6.45, 7) is 3.60. The summed E-state index contributed by atoms with van der Waals surface area (Å²) in [5.41, 5.74) is 0.0687. The highest BCUT2D eigenvalue weighted by atomic mass is 19.1. The summed E-state index contributed by atoms with van der Waals surface area (Å²) in [6, 6.07) is 3.67. The molecule has 0 amide bonds. The molecule has 0 aliphatic rings. The Morgan fingerprint density at radius 2 is 2.18 bits per heavy atom. The van der Waals surface area contributed by atoms with E-state index in [1.165, 1.54) is 12.1 Å². The second kappa shape index (κ2) is 6.20. The standard InChI is InChI=1S/C12H15FO4/c1-8(2)7-16-12(15)17-10-3-4-11(13)9(5-10)6-14/h3-5,8,14H,6-7H2,1-2H3. The topological polar surface area (TPSA) is 55.8 Å². The number of hydrogen-bond donors (Lipinski definition) is 1. The maximum atomic E-state index is 13.0. The number of halogens is 1. The number of carbonyl (C=O) groups excluding carboxylic acids is 1. The predicted octanol–water partition coefficient (Wildman–Crippen LogP) is 2.49. The van der Waals surface area contributed by atoms with E-state index in [0.717, 1.165) is 6.07 Å². The van der Waals surface area contributed by atoms with Gasteiger partial charge >= 0.3 is 6.16 Å². The van der Waals surface area contributed by atoms with Crippen molar-refractivity contribution in [3.8, 4) is 5.75 Å². The summed E-state index contributed by atoms with van der Waals surface area (Å²) in [6.07, 6.45) is -0.839. The third-order valence-corrected chi connectivity index (χ3v) is 1.92. The zero-order chi connectivity index (χ0) is 12.8. The normalized spacial score (nSPS) is 10.4. The molecule has 0 heterocycles. The van der Waals surface area contributed by atoms with Crippen LogP contribution in [0.2, 0.25) is 0 Å². The number of aliphatic hydroxyl groups is 1. The lowest BCUT2D eigenvalue weighted by Crippen LogP contribution is -2.14. The van der Waals surface area contributed by atoms with Crippen molar-refractivity contribution >= 4 is 6.16 Å². The summed E-state index contributed by atoms with van der Waals surface area (Å²) in [5.74, 6) is -0.191. The first kappa shape index (κ1) is 13.4.